The predicted octanol–water partition coefficient (Wildman–Crippen LogP) is 0.415. The molecule has 1 aromatic rings. The van der Waals surface area contributed by atoms with Crippen LogP contribution < -0.4 is 5.73 Å². The van der Waals surface area contributed by atoms with Gasteiger partial charge in [0.25, 0.3) is 0 Å². The van der Waals surface area contributed by atoms with E-state index < -0.39 is 16.0 Å². The van der Waals surface area contributed by atoms with Gasteiger partial charge in [-0.05, 0) is 37.1 Å². The summed E-state index contributed by atoms with van der Waals surface area (Å²) in [6.07, 6.45) is 0.644. The first kappa shape index (κ1) is 14.0. The number of nitrogens with two attached hydrogens (primary N) is 1. The van der Waals surface area contributed by atoms with Crippen molar-refractivity contribution in [2.75, 3.05) is 13.1 Å². The quantitative estimate of drug-likeness (QED) is 0.837. The van der Waals surface area contributed by atoms with Gasteiger partial charge in [0.2, 0.25) is 10.0 Å². The summed E-state index contributed by atoms with van der Waals surface area (Å²) in [6.45, 7) is 2.30. The second-order valence-corrected chi connectivity index (χ2v) is 6.63. The Morgan fingerprint density at radius 1 is 1.47 bits per heavy atom. The van der Waals surface area contributed by atoms with Crippen LogP contribution >= 0.6 is 0 Å². The van der Waals surface area contributed by atoms with Crippen LogP contribution in [0.25, 0.3) is 0 Å². The topological polar surface area (TPSA) is 101 Å². The van der Waals surface area contributed by atoms with Crippen molar-refractivity contribution in [1.82, 2.24) is 4.31 Å². The average Bonchev–Trinajstić information content (AvgIpc) is 2.76. The van der Waals surface area contributed by atoms with Crippen molar-refractivity contribution in [3.8, 4) is 0 Å². The van der Waals surface area contributed by atoms with E-state index in [1.165, 1.54) is 22.5 Å². The van der Waals surface area contributed by atoms with Crippen LogP contribution in [0.2, 0.25) is 0 Å². The van der Waals surface area contributed by atoms with Gasteiger partial charge >= 0.3 is 5.97 Å². The molecule has 19 heavy (non-hydrogen) atoms. The molecule has 1 unspecified atom stereocenters. The third-order valence-electron chi connectivity index (χ3n) is 3.25. The van der Waals surface area contributed by atoms with Crippen LogP contribution in [0.3, 0.4) is 0 Å². The van der Waals surface area contributed by atoms with E-state index in [-0.39, 0.29) is 16.5 Å². The fourth-order valence-electron chi connectivity index (χ4n) is 2.16. The summed E-state index contributed by atoms with van der Waals surface area (Å²) in [5, 5.41) is 8.93. The van der Waals surface area contributed by atoms with Gasteiger partial charge in [0.05, 0.1) is 10.5 Å². The number of sulfonamides is 1. The maximum Gasteiger partial charge on any atom is 0.335 e. The maximum absolute atomic E-state index is 12.3. The highest BCUT2D eigenvalue weighted by molar-refractivity contribution is 7.89. The summed E-state index contributed by atoms with van der Waals surface area (Å²) in [7, 11) is -3.58. The molecule has 0 radical (unpaired) electrons. The Morgan fingerprint density at radius 2 is 2.16 bits per heavy atom. The highest BCUT2D eigenvalue weighted by Crippen LogP contribution is 2.22. The third kappa shape index (κ3) is 2.63. The molecular formula is C12H16N2O4S. The SMILES string of the molecule is Cc1cc(S(=O)(=O)N2CCC(N)C2)ccc1C(=O)O. The zero-order chi connectivity index (χ0) is 14.2. The molecule has 0 aliphatic carbocycles. The molecule has 0 amide bonds. The van der Waals surface area contributed by atoms with Crippen LogP contribution in [-0.2, 0) is 10.0 Å². The first-order valence-corrected chi connectivity index (χ1v) is 7.36. The second-order valence-electron chi connectivity index (χ2n) is 4.69. The minimum Gasteiger partial charge on any atom is -0.478 e. The van der Waals surface area contributed by atoms with E-state index in [2.05, 4.69) is 0 Å². The van der Waals surface area contributed by atoms with Crippen LogP contribution in [0.4, 0.5) is 0 Å². The minimum absolute atomic E-state index is 0.108. The molecule has 104 valence electrons. The Labute approximate surface area is 111 Å². The first-order chi connectivity index (χ1) is 8.82. The van der Waals surface area contributed by atoms with Crippen molar-refractivity contribution in [3.05, 3.63) is 29.3 Å². The number of carbonyl (C=O) groups is 1. The lowest BCUT2D eigenvalue weighted by molar-refractivity contribution is 0.0696. The van der Waals surface area contributed by atoms with Crippen LogP contribution in [0.15, 0.2) is 23.1 Å². The summed E-state index contributed by atoms with van der Waals surface area (Å²) in [5.41, 5.74) is 6.25. The first-order valence-electron chi connectivity index (χ1n) is 5.92. The van der Waals surface area contributed by atoms with Gasteiger partial charge < -0.3 is 10.8 Å². The maximum atomic E-state index is 12.3. The van der Waals surface area contributed by atoms with Crippen molar-refractivity contribution < 1.29 is 18.3 Å². The molecule has 0 aromatic heterocycles. The largest absolute Gasteiger partial charge is 0.478 e. The molecule has 0 bridgehead atoms. The summed E-state index contributed by atoms with van der Waals surface area (Å²) in [5.74, 6) is -1.07. The van der Waals surface area contributed by atoms with Gasteiger partial charge in [-0.15, -0.1) is 0 Å². The Morgan fingerprint density at radius 3 is 2.63 bits per heavy atom. The molecule has 0 spiro atoms. The molecule has 0 saturated carbocycles. The van der Waals surface area contributed by atoms with E-state index in [0.717, 1.165) is 0 Å². The normalized spacial score (nSPS) is 20.6. The molecule has 1 heterocycles. The van der Waals surface area contributed by atoms with Gasteiger partial charge in [0.1, 0.15) is 0 Å². The number of benzene rings is 1. The lowest BCUT2D eigenvalue weighted by atomic mass is 10.1. The van der Waals surface area contributed by atoms with Gasteiger partial charge in [0.15, 0.2) is 0 Å². The standard InChI is InChI=1S/C12H16N2O4S/c1-8-6-10(2-3-11(8)12(15)16)19(17,18)14-5-4-9(13)7-14/h2-3,6,9H,4-5,7,13H2,1H3,(H,15,16). The molecule has 1 aliphatic rings. The van der Waals surface area contributed by atoms with Crippen molar-refractivity contribution >= 4 is 16.0 Å². The van der Waals surface area contributed by atoms with Gasteiger partial charge in [-0.3, -0.25) is 0 Å². The highest BCUT2D eigenvalue weighted by atomic mass is 32.2. The number of carboxylic acids is 1. The van der Waals surface area contributed by atoms with Crippen molar-refractivity contribution in [1.29, 1.82) is 0 Å². The summed E-state index contributed by atoms with van der Waals surface area (Å²) < 4.78 is 26.0. The van der Waals surface area contributed by atoms with Crippen LogP contribution in [-0.4, -0.2) is 42.9 Å². The molecule has 3 N–H and O–H groups in total. The third-order valence-corrected chi connectivity index (χ3v) is 5.11. The van der Waals surface area contributed by atoms with E-state index in [0.29, 0.717) is 25.1 Å². The molecule has 1 aromatic carbocycles. The van der Waals surface area contributed by atoms with Crippen molar-refractivity contribution in [2.24, 2.45) is 5.73 Å². The lowest BCUT2D eigenvalue weighted by Gasteiger charge is -2.16. The lowest BCUT2D eigenvalue weighted by Crippen LogP contribution is -2.32. The van der Waals surface area contributed by atoms with Gasteiger partial charge in [-0.25, -0.2) is 13.2 Å². The molecule has 1 atom stereocenters. The summed E-state index contributed by atoms with van der Waals surface area (Å²) >= 11 is 0. The molecule has 7 heteroatoms. The highest BCUT2D eigenvalue weighted by Gasteiger charge is 2.31. The van der Waals surface area contributed by atoms with Crippen molar-refractivity contribution in [3.63, 3.8) is 0 Å². The predicted molar refractivity (Wildman–Crippen MR) is 69.5 cm³/mol. The van der Waals surface area contributed by atoms with E-state index in [9.17, 15) is 13.2 Å². The van der Waals surface area contributed by atoms with Gasteiger partial charge in [-0.2, -0.15) is 4.31 Å². The number of hydrogen-bond donors (Lipinski definition) is 2. The number of hydrogen-bond acceptors (Lipinski definition) is 4. The van der Waals surface area contributed by atoms with Gasteiger partial charge in [-0.1, -0.05) is 0 Å². The fourth-order valence-corrected chi connectivity index (χ4v) is 3.76. The summed E-state index contributed by atoms with van der Waals surface area (Å²) in [6, 6.07) is 3.91. The molecule has 1 aliphatic heterocycles. The number of aromatic carboxylic acids is 1. The van der Waals surface area contributed by atoms with E-state index in [1.807, 2.05) is 0 Å². The van der Waals surface area contributed by atoms with Crippen molar-refractivity contribution in [2.45, 2.75) is 24.3 Å². The average molecular weight is 284 g/mol. The molecular weight excluding hydrogens is 268 g/mol. The van der Waals surface area contributed by atoms with E-state index in [1.54, 1.807) is 6.92 Å². The Kier molecular flexibility index (Phi) is 3.62. The molecule has 2 rings (SSSR count). The molecule has 1 saturated heterocycles. The number of aryl methyl sites for hydroxylation is 1. The number of rotatable bonds is 3. The number of carboxylic acid groups (broad SMARTS) is 1. The molecule has 6 nitrogen and oxygen atoms in total. The Balaban J connectivity index is 2.36. The van der Waals surface area contributed by atoms with Crippen LogP contribution in [0.5, 0.6) is 0 Å². The molecule has 1 fully saturated rings. The monoisotopic (exact) mass is 284 g/mol. The summed E-state index contributed by atoms with van der Waals surface area (Å²) in [4.78, 5) is 11.0. The zero-order valence-corrected chi connectivity index (χ0v) is 11.4. The zero-order valence-electron chi connectivity index (χ0n) is 10.5. The van der Waals surface area contributed by atoms with E-state index in [4.69, 9.17) is 10.8 Å². The van der Waals surface area contributed by atoms with E-state index >= 15 is 0 Å². The Bertz CT molecular complexity index is 612. The number of nitrogens with zero attached hydrogens (tertiary/aromatic N) is 1. The smallest absolute Gasteiger partial charge is 0.335 e. The second kappa shape index (κ2) is 4.92. The van der Waals surface area contributed by atoms with Crippen LogP contribution in [0.1, 0.15) is 22.3 Å². The van der Waals surface area contributed by atoms with Crippen LogP contribution in [0, 0.1) is 6.92 Å². The van der Waals surface area contributed by atoms with Gasteiger partial charge in [0, 0.05) is 19.1 Å². The minimum atomic E-state index is -3.58. The Hall–Kier alpha value is -1.44. The fraction of sp³-hybridized carbons (Fsp3) is 0.417.